The Morgan fingerprint density at radius 1 is 1.47 bits per heavy atom. The molecule has 1 aliphatic rings. The summed E-state index contributed by atoms with van der Waals surface area (Å²) in [7, 11) is 0. The molecule has 0 saturated heterocycles. The first-order valence-corrected chi connectivity index (χ1v) is 5.72. The summed E-state index contributed by atoms with van der Waals surface area (Å²) < 4.78 is 0. The van der Waals surface area contributed by atoms with E-state index in [1.54, 1.807) is 0 Å². The lowest BCUT2D eigenvalue weighted by Gasteiger charge is -2.30. The maximum absolute atomic E-state index is 5.85. The number of benzene rings is 1. The summed E-state index contributed by atoms with van der Waals surface area (Å²) in [6.07, 6.45) is 1.11. The average Bonchev–Trinajstić information content (AvgIpc) is 2.57. The van der Waals surface area contributed by atoms with Gasteiger partial charge in [0.1, 0.15) is 0 Å². The van der Waals surface area contributed by atoms with Crippen LogP contribution in [0.25, 0.3) is 0 Å². The first-order chi connectivity index (χ1) is 7.15. The Hall–Kier alpha value is -1.02. The first kappa shape index (κ1) is 10.5. The first-order valence-electron chi connectivity index (χ1n) is 5.72. The summed E-state index contributed by atoms with van der Waals surface area (Å²) in [6, 6.07) is 7.57. The summed E-state index contributed by atoms with van der Waals surface area (Å²) >= 11 is 0. The third kappa shape index (κ3) is 1.63. The molecule has 2 heteroatoms. The summed E-state index contributed by atoms with van der Waals surface area (Å²) in [5.41, 5.74) is 10.1. The normalized spacial score (nSPS) is 19.8. The molecule has 0 bridgehead atoms. The monoisotopic (exact) mass is 204 g/mol. The van der Waals surface area contributed by atoms with Gasteiger partial charge in [0.2, 0.25) is 0 Å². The van der Waals surface area contributed by atoms with E-state index in [0.29, 0.717) is 12.1 Å². The molecule has 82 valence electrons. The van der Waals surface area contributed by atoms with Crippen molar-refractivity contribution in [2.24, 2.45) is 5.73 Å². The molecular weight excluding hydrogens is 184 g/mol. The topological polar surface area (TPSA) is 29.3 Å². The summed E-state index contributed by atoms with van der Waals surface area (Å²) in [4.78, 5) is 2.46. The summed E-state index contributed by atoms with van der Waals surface area (Å²) in [5, 5.41) is 0. The number of aryl methyl sites for hydroxylation is 1. The van der Waals surface area contributed by atoms with Crippen LogP contribution in [-0.4, -0.2) is 18.6 Å². The lowest BCUT2D eigenvalue weighted by molar-refractivity contribution is 0.576. The highest BCUT2D eigenvalue weighted by Crippen LogP contribution is 2.35. The minimum Gasteiger partial charge on any atom is -0.364 e. The van der Waals surface area contributed by atoms with Gasteiger partial charge < -0.3 is 10.6 Å². The van der Waals surface area contributed by atoms with Gasteiger partial charge >= 0.3 is 0 Å². The fraction of sp³-hybridized carbons (Fsp3) is 0.538. The Kier molecular flexibility index (Phi) is 2.70. The highest BCUT2D eigenvalue weighted by Gasteiger charge is 2.30. The molecule has 0 aliphatic carbocycles. The third-order valence-electron chi connectivity index (χ3n) is 3.33. The number of anilines is 1. The van der Waals surface area contributed by atoms with Crippen molar-refractivity contribution in [1.82, 2.24) is 0 Å². The molecule has 2 N–H and O–H groups in total. The highest BCUT2D eigenvalue weighted by molar-refractivity contribution is 5.62. The predicted octanol–water partition coefficient (Wildman–Crippen LogP) is 2.09. The molecular formula is C13H20N2. The largest absolute Gasteiger partial charge is 0.364 e. The molecule has 0 aromatic heterocycles. The molecule has 1 aromatic carbocycles. The molecule has 0 saturated carbocycles. The van der Waals surface area contributed by atoms with Crippen LogP contribution >= 0.6 is 0 Å². The predicted molar refractivity (Wildman–Crippen MR) is 65.3 cm³/mol. The zero-order valence-corrected chi connectivity index (χ0v) is 9.83. The highest BCUT2D eigenvalue weighted by atomic mass is 15.2. The van der Waals surface area contributed by atoms with Gasteiger partial charge in [-0.2, -0.15) is 0 Å². The van der Waals surface area contributed by atoms with Crippen LogP contribution in [0.4, 0.5) is 5.69 Å². The molecule has 1 aliphatic heterocycles. The van der Waals surface area contributed by atoms with Crippen LogP contribution in [0.3, 0.4) is 0 Å². The molecule has 0 amide bonds. The number of nitrogens with two attached hydrogens (primary N) is 1. The van der Waals surface area contributed by atoms with Gasteiger partial charge in [-0.05, 0) is 44.4 Å². The smallest absolute Gasteiger partial charge is 0.0456 e. The molecule has 1 atom stereocenters. The maximum Gasteiger partial charge on any atom is 0.0456 e. The molecule has 0 radical (unpaired) electrons. The van der Waals surface area contributed by atoms with Crippen LogP contribution in [0, 0.1) is 6.92 Å². The van der Waals surface area contributed by atoms with Crippen molar-refractivity contribution in [3.8, 4) is 0 Å². The van der Waals surface area contributed by atoms with E-state index in [2.05, 4.69) is 43.9 Å². The van der Waals surface area contributed by atoms with E-state index in [4.69, 9.17) is 5.73 Å². The van der Waals surface area contributed by atoms with Crippen molar-refractivity contribution in [2.75, 3.05) is 11.4 Å². The number of nitrogens with zero attached hydrogens (tertiary/aromatic N) is 1. The minimum absolute atomic E-state index is 0.487. The summed E-state index contributed by atoms with van der Waals surface area (Å²) in [6.45, 7) is 7.41. The molecule has 2 nitrogen and oxygen atoms in total. The van der Waals surface area contributed by atoms with Gasteiger partial charge in [0.05, 0.1) is 0 Å². The third-order valence-corrected chi connectivity index (χ3v) is 3.33. The van der Waals surface area contributed by atoms with Crippen molar-refractivity contribution < 1.29 is 0 Å². The van der Waals surface area contributed by atoms with Crippen molar-refractivity contribution in [1.29, 1.82) is 0 Å². The molecule has 0 fully saturated rings. The molecule has 1 unspecified atom stereocenters. The van der Waals surface area contributed by atoms with Gasteiger partial charge in [-0.1, -0.05) is 12.1 Å². The van der Waals surface area contributed by atoms with Crippen LogP contribution in [0.15, 0.2) is 18.2 Å². The molecule has 1 aromatic rings. The molecule has 2 rings (SSSR count). The fourth-order valence-electron chi connectivity index (χ4n) is 2.62. The van der Waals surface area contributed by atoms with Crippen molar-refractivity contribution in [3.05, 3.63) is 29.3 Å². The van der Waals surface area contributed by atoms with Gasteiger partial charge in [0, 0.05) is 24.3 Å². The second-order valence-electron chi connectivity index (χ2n) is 4.67. The number of fused-ring (bicyclic) bond motifs is 1. The summed E-state index contributed by atoms with van der Waals surface area (Å²) in [5.74, 6) is 0. The van der Waals surface area contributed by atoms with Gasteiger partial charge in [-0.3, -0.25) is 0 Å². The van der Waals surface area contributed by atoms with Crippen LogP contribution < -0.4 is 10.6 Å². The van der Waals surface area contributed by atoms with E-state index in [-0.39, 0.29) is 0 Å². The number of hydrogen-bond donors (Lipinski definition) is 1. The maximum atomic E-state index is 5.85. The Bertz CT molecular complexity index is 358. The van der Waals surface area contributed by atoms with E-state index in [0.717, 1.165) is 13.0 Å². The van der Waals surface area contributed by atoms with Gasteiger partial charge in [-0.15, -0.1) is 0 Å². The number of hydrogen-bond acceptors (Lipinski definition) is 2. The average molecular weight is 204 g/mol. The van der Waals surface area contributed by atoms with Crippen molar-refractivity contribution >= 4 is 5.69 Å². The zero-order chi connectivity index (χ0) is 11.0. The van der Waals surface area contributed by atoms with Crippen molar-refractivity contribution in [2.45, 2.75) is 39.3 Å². The Labute approximate surface area is 92.1 Å². The second kappa shape index (κ2) is 3.86. The van der Waals surface area contributed by atoms with E-state index in [9.17, 15) is 0 Å². The Balaban J connectivity index is 2.44. The Morgan fingerprint density at radius 2 is 2.20 bits per heavy atom. The molecule has 0 spiro atoms. The SMILES string of the molecule is Cc1cccc2c1CC(CN)N2C(C)C. The van der Waals surface area contributed by atoms with E-state index < -0.39 is 0 Å². The lowest BCUT2D eigenvalue weighted by Crippen LogP contribution is -2.42. The van der Waals surface area contributed by atoms with E-state index in [1.807, 2.05) is 0 Å². The Morgan fingerprint density at radius 3 is 2.80 bits per heavy atom. The van der Waals surface area contributed by atoms with Crippen molar-refractivity contribution in [3.63, 3.8) is 0 Å². The fourth-order valence-corrected chi connectivity index (χ4v) is 2.62. The zero-order valence-electron chi connectivity index (χ0n) is 9.83. The van der Waals surface area contributed by atoms with Crippen LogP contribution in [0.1, 0.15) is 25.0 Å². The van der Waals surface area contributed by atoms with E-state index in [1.165, 1.54) is 16.8 Å². The van der Waals surface area contributed by atoms with Gasteiger partial charge in [0.15, 0.2) is 0 Å². The van der Waals surface area contributed by atoms with Crippen LogP contribution in [-0.2, 0) is 6.42 Å². The molecule has 1 heterocycles. The molecule has 15 heavy (non-hydrogen) atoms. The van der Waals surface area contributed by atoms with Gasteiger partial charge in [0.25, 0.3) is 0 Å². The van der Waals surface area contributed by atoms with E-state index >= 15 is 0 Å². The lowest BCUT2D eigenvalue weighted by atomic mass is 10.0. The van der Waals surface area contributed by atoms with Gasteiger partial charge in [-0.25, -0.2) is 0 Å². The number of rotatable bonds is 2. The standard InChI is InChI=1S/C13H20N2/c1-9(2)15-11(8-14)7-12-10(3)5-4-6-13(12)15/h4-6,9,11H,7-8,14H2,1-3H3. The van der Waals surface area contributed by atoms with Crippen LogP contribution in [0.2, 0.25) is 0 Å². The quantitative estimate of drug-likeness (QED) is 0.799. The second-order valence-corrected chi connectivity index (χ2v) is 4.67. The van der Waals surface area contributed by atoms with Crippen LogP contribution in [0.5, 0.6) is 0 Å². The minimum atomic E-state index is 0.487.